The Kier molecular flexibility index (Phi) is 5.71. The second-order valence-electron chi connectivity index (χ2n) is 6.49. The number of carboxylic acid groups (broad SMARTS) is 1. The van der Waals surface area contributed by atoms with E-state index in [-0.39, 0.29) is 17.2 Å². The van der Waals surface area contributed by atoms with Gasteiger partial charge < -0.3 is 29.3 Å². The fraction of sp³-hybridized carbons (Fsp3) is 0.556. The molecule has 2 aliphatic heterocycles. The van der Waals surface area contributed by atoms with Crippen LogP contribution in [0.1, 0.15) is 29.6 Å². The van der Waals surface area contributed by atoms with Gasteiger partial charge in [0.05, 0.1) is 31.0 Å². The van der Waals surface area contributed by atoms with Gasteiger partial charge >= 0.3 is 6.09 Å². The van der Waals surface area contributed by atoms with Gasteiger partial charge in [0.2, 0.25) is 0 Å². The molecule has 2 N–H and O–H groups in total. The number of benzene rings is 1. The molecule has 1 aromatic rings. The van der Waals surface area contributed by atoms with Crippen LogP contribution in [0.3, 0.4) is 0 Å². The summed E-state index contributed by atoms with van der Waals surface area (Å²) in [6.07, 6.45) is -0.779. The molecule has 2 aliphatic rings. The molecule has 0 bridgehead atoms. The van der Waals surface area contributed by atoms with Crippen molar-refractivity contribution in [2.75, 3.05) is 38.9 Å². The summed E-state index contributed by atoms with van der Waals surface area (Å²) in [5.41, 5.74) is 0.263. The Morgan fingerprint density at radius 3 is 2.70 bits per heavy atom. The summed E-state index contributed by atoms with van der Waals surface area (Å²) in [7, 11) is 3.04. The van der Waals surface area contributed by atoms with E-state index in [0.29, 0.717) is 50.5 Å². The van der Waals surface area contributed by atoms with Crippen LogP contribution in [0.2, 0.25) is 0 Å². The number of aliphatic hydroxyl groups is 1. The minimum Gasteiger partial charge on any atom is -0.493 e. The zero-order chi connectivity index (χ0) is 19.6. The molecule has 1 fully saturated rings. The van der Waals surface area contributed by atoms with Crippen molar-refractivity contribution in [1.29, 1.82) is 0 Å². The second kappa shape index (κ2) is 8.01. The highest BCUT2D eigenvalue weighted by atomic mass is 16.5. The molecule has 2 amide bonds. The number of anilines is 1. The lowest BCUT2D eigenvalue weighted by Crippen LogP contribution is -2.50. The van der Waals surface area contributed by atoms with Crippen LogP contribution in [0.15, 0.2) is 12.1 Å². The molecule has 9 heteroatoms. The highest BCUT2D eigenvalue weighted by Crippen LogP contribution is 2.41. The summed E-state index contributed by atoms with van der Waals surface area (Å²) in [6.45, 7) is 1.33. The van der Waals surface area contributed by atoms with Gasteiger partial charge in [-0.05, 0) is 18.9 Å². The van der Waals surface area contributed by atoms with E-state index in [9.17, 15) is 19.8 Å². The van der Waals surface area contributed by atoms with Gasteiger partial charge in [-0.15, -0.1) is 0 Å². The largest absolute Gasteiger partial charge is 0.493 e. The molecule has 0 unspecified atom stereocenters. The van der Waals surface area contributed by atoms with E-state index in [1.54, 1.807) is 7.11 Å². The number of hydrogen-bond donors (Lipinski definition) is 2. The zero-order valence-corrected chi connectivity index (χ0v) is 15.4. The maximum Gasteiger partial charge on any atom is 0.414 e. The number of amides is 2. The fourth-order valence-electron chi connectivity index (χ4n) is 3.62. The summed E-state index contributed by atoms with van der Waals surface area (Å²) in [5.74, 6) is 0.317. The number of hydrogen-bond acceptors (Lipinski definition) is 6. The number of carbonyl (C=O) groups excluding carboxylic acids is 1. The molecule has 0 aromatic heterocycles. The van der Waals surface area contributed by atoms with Crippen molar-refractivity contribution >= 4 is 17.7 Å². The van der Waals surface area contributed by atoms with E-state index in [1.807, 2.05) is 0 Å². The van der Waals surface area contributed by atoms with Crippen LogP contribution < -0.4 is 14.4 Å². The van der Waals surface area contributed by atoms with E-state index in [1.165, 1.54) is 24.1 Å². The molecule has 0 spiro atoms. The molecule has 0 saturated carbocycles. The Labute approximate surface area is 157 Å². The smallest absolute Gasteiger partial charge is 0.414 e. The van der Waals surface area contributed by atoms with Gasteiger partial charge in [-0.3, -0.25) is 4.79 Å². The van der Waals surface area contributed by atoms with Crippen molar-refractivity contribution in [3.8, 4) is 11.5 Å². The summed E-state index contributed by atoms with van der Waals surface area (Å²) < 4.78 is 16.0. The van der Waals surface area contributed by atoms with Gasteiger partial charge in [-0.2, -0.15) is 0 Å². The Bertz CT molecular complexity index is 724. The molecule has 0 aliphatic carbocycles. The van der Waals surface area contributed by atoms with Gasteiger partial charge in [0.1, 0.15) is 0 Å². The van der Waals surface area contributed by atoms with Crippen molar-refractivity contribution in [1.82, 2.24) is 4.90 Å². The maximum atomic E-state index is 13.0. The Morgan fingerprint density at radius 2 is 2.04 bits per heavy atom. The first-order valence-electron chi connectivity index (χ1n) is 8.84. The summed E-state index contributed by atoms with van der Waals surface area (Å²) in [4.78, 5) is 27.3. The Balaban J connectivity index is 2.04. The first-order chi connectivity index (χ1) is 13.0. The topological polar surface area (TPSA) is 109 Å². The first kappa shape index (κ1) is 19.2. The van der Waals surface area contributed by atoms with Crippen molar-refractivity contribution in [2.24, 2.45) is 0 Å². The van der Waals surface area contributed by atoms with Crippen LogP contribution in [0.25, 0.3) is 0 Å². The average Bonchev–Trinajstić information content (AvgIpc) is 3.11. The molecule has 1 saturated heterocycles. The summed E-state index contributed by atoms with van der Waals surface area (Å²) in [6, 6.07) is 2.35. The van der Waals surface area contributed by atoms with Gasteiger partial charge in [0, 0.05) is 32.7 Å². The number of ether oxygens (including phenoxy) is 3. The van der Waals surface area contributed by atoms with Crippen molar-refractivity contribution in [3.63, 3.8) is 0 Å². The molecule has 0 radical (unpaired) electrons. The third-order valence-corrected chi connectivity index (χ3v) is 4.90. The maximum absolute atomic E-state index is 13.0. The van der Waals surface area contributed by atoms with Crippen LogP contribution in [-0.2, 0) is 4.74 Å². The third kappa shape index (κ3) is 3.52. The van der Waals surface area contributed by atoms with Crippen LogP contribution in [0, 0.1) is 0 Å². The standard InChI is InChI=1S/C18H24N2O7/c1-25-7-4-8-27-15-10-13-11(9-14(15)26-2)16(21)19-6-3-5-12(19)17(22)20(13)18(23)24/h9-10,12,17,22H,3-8H2,1-2H3,(H,23,24)/t12-,17-/m0/s1. The van der Waals surface area contributed by atoms with Gasteiger partial charge in [-0.25, -0.2) is 9.69 Å². The number of rotatable bonds is 6. The number of aliphatic hydroxyl groups excluding tert-OH is 1. The van der Waals surface area contributed by atoms with Crippen LogP contribution in [0.5, 0.6) is 11.5 Å². The molecular weight excluding hydrogens is 356 g/mol. The van der Waals surface area contributed by atoms with E-state index in [2.05, 4.69) is 0 Å². The van der Waals surface area contributed by atoms with Crippen molar-refractivity contribution in [2.45, 2.75) is 31.5 Å². The SMILES string of the molecule is COCCCOc1cc2c(cc1OC)C(=O)N1CCC[C@H]1[C@H](O)N2C(=O)O. The van der Waals surface area contributed by atoms with Crippen molar-refractivity contribution in [3.05, 3.63) is 17.7 Å². The minimum atomic E-state index is -1.34. The number of methoxy groups -OCH3 is 2. The van der Waals surface area contributed by atoms with Gasteiger partial charge in [0.25, 0.3) is 5.91 Å². The fourth-order valence-corrected chi connectivity index (χ4v) is 3.62. The highest BCUT2D eigenvalue weighted by Gasteiger charge is 2.44. The molecule has 1 aromatic carbocycles. The first-order valence-corrected chi connectivity index (χ1v) is 8.84. The lowest BCUT2D eigenvalue weighted by Gasteiger charge is -2.30. The third-order valence-electron chi connectivity index (χ3n) is 4.90. The average molecular weight is 380 g/mol. The monoisotopic (exact) mass is 380 g/mol. The van der Waals surface area contributed by atoms with E-state index < -0.39 is 18.4 Å². The minimum absolute atomic E-state index is 0.0944. The Morgan fingerprint density at radius 1 is 1.26 bits per heavy atom. The van der Waals surface area contributed by atoms with E-state index in [0.717, 1.165) is 4.90 Å². The van der Waals surface area contributed by atoms with Crippen LogP contribution >= 0.6 is 0 Å². The summed E-state index contributed by atoms with van der Waals surface area (Å²) in [5, 5.41) is 20.4. The molecule has 2 heterocycles. The molecule has 3 rings (SSSR count). The van der Waals surface area contributed by atoms with Gasteiger partial charge in [0.15, 0.2) is 17.7 Å². The molecule has 148 valence electrons. The molecular formula is C18H24N2O7. The predicted octanol–water partition coefficient (Wildman–Crippen LogP) is 1.53. The predicted molar refractivity (Wildman–Crippen MR) is 95.6 cm³/mol. The highest BCUT2D eigenvalue weighted by molar-refractivity contribution is 6.05. The number of carbonyl (C=O) groups is 2. The van der Waals surface area contributed by atoms with Crippen LogP contribution in [-0.4, -0.2) is 73.4 Å². The quantitative estimate of drug-likeness (QED) is 0.721. The van der Waals surface area contributed by atoms with E-state index in [4.69, 9.17) is 14.2 Å². The summed E-state index contributed by atoms with van der Waals surface area (Å²) >= 11 is 0. The van der Waals surface area contributed by atoms with Crippen molar-refractivity contribution < 1.29 is 34.0 Å². The zero-order valence-electron chi connectivity index (χ0n) is 15.4. The molecule has 27 heavy (non-hydrogen) atoms. The Hall–Kier alpha value is -2.52. The second-order valence-corrected chi connectivity index (χ2v) is 6.49. The molecule has 2 atom stereocenters. The lowest BCUT2D eigenvalue weighted by atomic mass is 10.1. The van der Waals surface area contributed by atoms with Crippen LogP contribution in [0.4, 0.5) is 10.5 Å². The number of fused-ring (bicyclic) bond motifs is 2. The molecule has 9 nitrogen and oxygen atoms in total. The number of nitrogens with zero attached hydrogens (tertiary/aromatic N) is 2. The van der Waals surface area contributed by atoms with Gasteiger partial charge in [-0.1, -0.05) is 0 Å². The normalized spacial score (nSPS) is 21.5. The lowest BCUT2D eigenvalue weighted by molar-refractivity contribution is 0.0511. The van der Waals surface area contributed by atoms with E-state index >= 15 is 0 Å².